The number of hydrogen-bond acceptors (Lipinski definition) is 7. The van der Waals surface area contributed by atoms with Crippen molar-refractivity contribution in [1.82, 2.24) is 9.80 Å². The molecule has 0 saturated carbocycles. The molecule has 1 saturated heterocycles. The molecule has 0 spiro atoms. The Morgan fingerprint density at radius 2 is 1.84 bits per heavy atom. The zero-order chi connectivity index (χ0) is 26.6. The van der Waals surface area contributed by atoms with Crippen molar-refractivity contribution in [3.63, 3.8) is 0 Å². The van der Waals surface area contributed by atoms with Crippen LogP contribution in [-0.4, -0.2) is 34.5 Å². The van der Waals surface area contributed by atoms with E-state index in [1.807, 2.05) is 79.5 Å². The molecule has 9 heteroatoms. The first kappa shape index (κ1) is 26.0. The fourth-order valence-electron chi connectivity index (χ4n) is 4.13. The molecule has 0 aliphatic carbocycles. The normalized spacial score (nSPS) is 18.2. The summed E-state index contributed by atoms with van der Waals surface area (Å²) < 4.78 is 0. The molecule has 2 aliphatic rings. The van der Waals surface area contributed by atoms with Crippen molar-refractivity contribution < 1.29 is 4.79 Å². The van der Waals surface area contributed by atoms with Crippen LogP contribution in [0.2, 0.25) is 5.02 Å². The molecule has 0 unspecified atom stereocenters. The van der Waals surface area contributed by atoms with E-state index in [-0.39, 0.29) is 5.91 Å². The topological polar surface area (TPSA) is 71.7 Å². The van der Waals surface area contributed by atoms with Gasteiger partial charge in [0.2, 0.25) is 0 Å². The van der Waals surface area contributed by atoms with Crippen LogP contribution in [0.1, 0.15) is 23.6 Å². The summed E-state index contributed by atoms with van der Waals surface area (Å²) in [5.41, 5.74) is 4.97. The zero-order valence-corrected chi connectivity index (χ0v) is 23.2. The summed E-state index contributed by atoms with van der Waals surface area (Å²) in [6, 6.07) is 25.1. The number of amidine groups is 1. The highest BCUT2D eigenvalue weighted by atomic mass is 35.5. The van der Waals surface area contributed by atoms with Gasteiger partial charge in [-0.2, -0.15) is 5.26 Å². The molecule has 0 radical (unpaired) electrons. The van der Waals surface area contributed by atoms with Gasteiger partial charge in [0.15, 0.2) is 5.17 Å². The SMILES string of the molecule is CCNc1ccc(C#N)cc1/N=C1/S/C(=C2\SC=C(c3ccc(Cl)cc3)N2C)C(=O)N1Cc1ccccc1. The second-order valence-electron chi connectivity index (χ2n) is 8.57. The Morgan fingerprint density at radius 1 is 1.08 bits per heavy atom. The number of halogens is 1. The predicted molar refractivity (Wildman–Crippen MR) is 159 cm³/mol. The number of nitrogens with zero attached hydrogens (tertiary/aromatic N) is 4. The first-order valence-corrected chi connectivity index (χ1v) is 14.1. The standard InChI is InChI=1S/C29H24ClN5OS2/c1-3-32-23-14-9-20(16-31)15-24(23)33-29-35(17-19-7-5-4-6-8-19)27(36)26(38-29)28-34(2)25(18-37-28)21-10-12-22(30)13-11-21/h4-15,18,32H,3,17H2,1-2H3/b28-26-,33-29+. The van der Waals surface area contributed by atoms with Crippen LogP contribution in [0.15, 0.2) is 93.1 Å². The van der Waals surface area contributed by atoms with Crippen LogP contribution in [-0.2, 0) is 11.3 Å². The molecule has 1 amide bonds. The van der Waals surface area contributed by atoms with Gasteiger partial charge in [0, 0.05) is 24.0 Å². The Kier molecular flexibility index (Phi) is 7.79. The summed E-state index contributed by atoms with van der Waals surface area (Å²) in [7, 11) is 1.97. The number of nitrogens with one attached hydrogen (secondary N) is 1. The molecule has 2 aliphatic heterocycles. The summed E-state index contributed by atoms with van der Waals surface area (Å²) in [5, 5.41) is 16.9. The van der Waals surface area contributed by atoms with Gasteiger partial charge in [-0.25, -0.2) is 4.99 Å². The van der Waals surface area contributed by atoms with Gasteiger partial charge in [0.25, 0.3) is 5.91 Å². The summed E-state index contributed by atoms with van der Waals surface area (Å²) in [5.74, 6) is -0.0980. The van der Waals surface area contributed by atoms with Crippen molar-refractivity contribution in [2.24, 2.45) is 4.99 Å². The Labute approximate surface area is 235 Å². The number of anilines is 1. The molecular weight excluding hydrogens is 534 g/mol. The van der Waals surface area contributed by atoms with E-state index in [1.165, 1.54) is 23.5 Å². The van der Waals surface area contributed by atoms with Gasteiger partial charge in [0.05, 0.1) is 40.3 Å². The first-order valence-electron chi connectivity index (χ1n) is 12.0. The van der Waals surface area contributed by atoms with Crippen molar-refractivity contribution in [1.29, 1.82) is 5.26 Å². The molecule has 38 heavy (non-hydrogen) atoms. The predicted octanol–water partition coefficient (Wildman–Crippen LogP) is 7.25. The second-order valence-corrected chi connectivity index (χ2v) is 10.8. The Morgan fingerprint density at radius 3 is 2.55 bits per heavy atom. The van der Waals surface area contributed by atoms with Gasteiger partial charge in [-0.15, -0.1) is 0 Å². The third kappa shape index (κ3) is 5.32. The van der Waals surface area contributed by atoms with Crippen LogP contribution in [0.25, 0.3) is 5.70 Å². The van der Waals surface area contributed by atoms with Gasteiger partial charge in [-0.1, -0.05) is 65.8 Å². The van der Waals surface area contributed by atoms with E-state index in [2.05, 4.69) is 16.8 Å². The lowest BCUT2D eigenvalue weighted by molar-refractivity contribution is -0.122. The quantitative estimate of drug-likeness (QED) is 0.322. The highest BCUT2D eigenvalue weighted by molar-refractivity contribution is 8.19. The Balaban J connectivity index is 1.55. The van der Waals surface area contributed by atoms with Crippen LogP contribution >= 0.6 is 35.1 Å². The molecule has 190 valence electrons. The monoisotopic (exact) mass is 557 g/mol. The molecule has 6 nitrogen and oxygen atoms in total. The van der Waals surface area contributed by atoms with E-state index < -0.39 is 0 Å². The van der Waals surface area contributed by atoms with E-state index in [0.717, 1.165) is 27.5 Å². The number of nitriles is 1. The molecule has 0 atom stereocenters. The number of amides is 1. The van der Waals surface area contributed by atoms with Crippen molar-refractivity contribution in [2.45, 2.75) is 13.5 Å². The van der Waals surface area contributed by atoms with Crippen molar-refractivity contribution >= 4 is 63.3 Å². The molecule has 2 heterocycles. The second kappa shape index (κ2) is 11.4. The largest absolute Gasteiger partial charge is 0.384 e. The highest BCUT2D eigenvalue weighted by Gasteiger charge is 2.38. The van der Waals surface area contributed by atoms with Gasteiger partial charge in [-0.3, -0.25) is 9.69 Å². The van der Waals surface area contributed by atoms with E-state index in [4.69, 9.17) is 16.6 Å². The maximum absolute atomic E-state index is 13.9. The Hall–Kier alpha value is -3.64. The molecule has 3 aromatic carbocycles. The summed E-state index contributed by atoms with van der Waals surface area (Å²) in [6.45, 7) is 3.10. The van der Waals surface area contributed by atoms with Gasteiger partial charge in [-0.05, 0) is 60.1 Å². The molecule has 0 aromatic heterocycles. The van der Waals surface area contributed by atoms with E-state index >= 15 is 0 Å². The molecule has 1 N–H and O–H groups in total. The molecule has 3 aromatic rings. The van der Waals surface area contributed by atoms with Crippen molar-refractivity contribution in [2.75, 3.05) is 18.9 Å². The lowest BCUT2D eigenvalue weighted by Crippen LogP contribution is -2.29. The zero-order valence-electron chi connectivity index (χ0n) is 20.8. The average Bonchev–Trinajstić information content (AvgIpc) is 3.45. The third-order valence-electron chi connectivity index (χ3n) is 6.04. The number of carbonyl (C=O) groups excluding carboxylic acids is 1. The lowest BCUT2D eigenvalue weighted by atomic mass is 10.1. The van der Waals surface area contributed by atoms with Crippen molar-refractivity contribution in [3.05, 3.63) is 110 Å². The number of carbonyl (C=O) groups is 1. The first-order chi connectivity index (χ1) is 18.5. The maximum atomic E-state index is 13.9. The maximum Gasteiger partial charge on any atom is 0.269 e. The molecule has 5 rings (SSSR count). The summed E-state index contributed by atoms with van der Waals surface area (Å²) in [4.78, 5) is 23.2. The summed E-state index contributed by atoms with van der Waals surface area (Å²) in [6.07, 6.45) is 0. The minimum Gasteiger partial charge on any atom is -0.384 e. The van der Waals surface area contributed by atoms with Gasteiger partial charge >= 0.3 is 0 Å². The number of benzene rings is 3. The van der Waals surface area contributed by atoms with Gasteiger partial charge < -0.3 is 10.2 Å². The van der Waals surface area contributed by atoms with Crippen LogP contribution in [0.3, 0.4) is 0 Å². The van der Waals surface area contributed by atoms with E-state index in [1.54, 1.807) is 17.0 Å². The fraction of sp³-hybridized carbons (Fsp3) is 0.138. The minimum absolute atomic E-state index is 0.0980. The third-order valence-corrected chi connectivity index (χ3v) is 8.53. The molecular formula is C29H24ClN5OS2. The van der Waals surface area contributed by atoms with E-state index in [9.17, 15) is 10.1 Å². The van der Waals surface area contributed by atoms with E-state index in [0.29, 0.717) is 39.4 Å². The Bertz CT molecular complexity index is 1510. The van der Waals surface area contributed by atoms with Crippen LogP contribution in [0, 0.1) is 11.3 Å². The molecule has 1 fully saturated rings. The average molecular weight is 558 g/mol. The highest BCUT2D eigenvalue weighted by Crippen LogP contribution is 2.46. The number of aliphatic imine (C=N–C) groups is 1. The minimum atomic E-state index is -0.0980. The van der Waals surface area contributed by atoms with Gasteiger partial charge in [0.1, 0.15) is 4.91 Å². The lowest BCUT2D eigenvalue weighted by Gasteiger charge is -2.19. The summed E-state index contributed by atoms with van der Waals surface area (Å²) >= 11 is 8.97. The van der Waals surface area contributed by atoms with Crippen LogP contribution < -0.4 is 5.32 Å². The van der Waals surface area contributed by atoms with Crippen molar-refractivity contribution in [3.8, 4) is 6.07 Å². The number of hydrogen-bond donors (Lipinski definition) is 1. The molecule has 0 bridgehead atoms. The number of thioether (sulfide) groups is 2. The smallest absolute Gasteiger partial charge is 0.269 e. The van der Waals surface area contributed by atoms with Crippen LogP contribution in [0.4, 0.5) is 11.4 Å². The number of rotatable bonds is 6. The van der Waals surface area contributed by atoms with Crippen LogP contribution in [0.5, 0.6) is 0 Å². The fourth-order valence-corrected chi connectivity index (χ4v) is 6.50.